The number of aromatic nitrogens is 1. The molecule has 4 nitrogen and oxygen atoms in total. The molecule has 24 heavy (non-hydrogen) atoms. The zero-order chi connectivity index (χ0) is 16.2. The first-order chi connectivity index (χ1) is 11.2. The van der Waals surface area contributed by atoms with Crippen molar-refractivity contribution < 1.29 is 4.79 Å². The van der Waals surface area contributed by atoms with E-state index >= 15 is 0 Å². The van der Waals surface area contributed by atoms with Gasteiger partial charge in [0.2, 0.25) is 0 Å². The second kappa shape index (κ2) is 8.60. The first-order valence-electron chi connectivity index (χ1n) is 8.18. The minimum Gasteiger partial charge on any atom is -0.334 e. The molecule has 0 spiro atoms. The van der Waals surface area contributed by atoms with Crippen molar-refractivity contribution in [3.63, 3.8) is 0 Å². The van der Waals surface area contributed by atoms with Crippen LogP contribution in [0.15, 0.2) is 29.6 Å². The van der Waals surface area contributed by atoms with E-state index in [-0.39, 0.29) is 24.4 Å². The van der Waals surface area contributed by atoms with E-state index in [1.54, 1.807) is 0 Å². The molecule has 1 fully saturated rings. The average molecular weight is 366 g/mol. The number of halogens is 1. The van der Waals surface area contributed by atoms with Crippen LogP contribution in [0.1, 0.15) is 39.5 Å². The SMILES string of the molecule is Cc1ccc(CC2CCCN2C(=O)c2csc(CCN)n2)cc1.Cl. The number of carbonyl (C=O) groups is 1. The Hall–Kier alpha value is -1.43. The maximum absolute atomic E-state index is 12.8. The zero-order valence-corrected chi connectivity index (χ0v) is 15.5. The molecular formula is C18H24ClN3OS. The molecule has 0 saturated carbocycles. The highest BCUT2D eigenvalue weighted by atomic mass is 35.5. The minimum absolute atomic E-state index is 0. The molecule has 1 unspecified atom stereocenters. The average Bonchev–Trinajstić information content (AvgIpc) is 3.19. The van der Waals surface area contributed by atoms with Crippen LogP contribution in [0.25, 0.3) is 0 Å². The summed E-state index contributed by atoms with van der Waals surface area (Å²) >= 11 is 1.53. The van der Waals surface area contributed by atoms with Gasteiger partial charge in [0, 0.05) is 24.4 Å². The summed E-state index contributed by atoms with van der Waals surface area (Å²) in [7, 11) is 0. The Labute approximate surface area is 153 Å². The highest BCUT2D eigenvalue weighted by Gasteiger charge is 2.30. The normalized spacial score (nSPS) is 16.9. The summed E-state index contributed by atoms with van der Waals surface area (Å²) < 4.78 is 0. The number of thiazole rings is 1. The number of rotatable bonds is 5. The first-order valence-corrected chi connectivity index (χ1v) is 9.06. The van der Waals surface area contributed by atoms with Crippen molar-refractivity contribution in [3.05, 3.63) is 51.5 Å². The molecule has 0 aliphatic carbocycles. The Morgan fingerprint density at radius 3 is 2.83 bits per heavy atom. The van der Waals surface area contributed by atoms with Crippen LogP contribution in [0.3, 0.4) is 0 Å². The molecule has 1 aromatic carbocycles. The molecule has 6 heteroatoms. The van der Waals surface area contributed by atoms with E-state index in [0.717, 1.165) is 37.2 Å². The standard InChI is InChI=1S/C18H23N3OS.ClH/c1-13-4-6-14(7-5-13)11-15-3-2-10-21(15)18(22)16-12-23-17(20-16)8-9-19;/h4-7,12,15H,2-3,8-11,19H2,1H3;1H. The van der Waals surface area contributed by atoms with Crippen molar-refractivity contribution in [2.24, 2.45) is 5.73 Å². The van der Waals surface area contributed by atoms with Crippen LogP contribution in [0.4, 0.5) is 0 Å². The number of nitrogens with two attached hydrogens (primary N) is 1. The van der Waals surface area contributed by atoms with Crippen LogP contribution in [0, 0.1) is 6.92 Å². The van der Waals surface area contributed by atoms with E-state index in [2.05, 4.69) is 36.2 Å². The van der Waals surface area contributed by atoms with Crippen LogP contribution in [0.5, 0.6) is 0 Å². The maximum atomic E-state index is 12.8. The van der Waals surface area contributed by atoms with Gasteiger partial charge in [0.25, 0.3) is 5.91 Å². The molecule has 0 bridgehead atoms. The van der Waals surface area contributed by atoms with Crippen molar-refractivity contribution in [3.8, 4) is 0 Å². The number of hydrogen-bond acceptors (Lipinski definition) is 4. The predicted molar refractivity (Wildman–Crippen MR) is 101 cm³/mol. The monoisotopic (exact) mass is 365 g/mol. The van der Waals surface area contributed by atoms with Crippen LogP contribution in [0.2, 0.25) is 0 Å². The topological polar surface area (TPSA) is 59.2 Å². The van der Waals surface area contributed by atoms with Crippen LogP contribution in [-0.2, 0) is 12.8 Å². The smallest absolute Gasteiger partial charge is 0.273 e. The third-order valence-electron chi connectivity index (χ3n) is 4.36. The van der Waals surface area contributed by atoms with Gasteiger partial charge in [-0.3, -0.25) is 4.79 Å². The molecule has 0 radical (unpaired) electrons. The largest absolute Gasteiger partial charge is 0.334 e. The highest BCUT2D eigenvalue weighted by Crippen LogP contribution is 2.24. The lowest BCUT2D eigenvalue weighted by Crippen LogP contribution is -2.37. The molecular weight excluding hydrogens is 342 g/mol. The second-order valence-corrected chi connectivity index (χ2v) is 7.09. The lowest BCUT2D eigenvalue weighted by Gasteiger charge is -2.24. The number of benzene rings is 1. The van der Waals surface area contributed by atoms with Gasteiger partial charge in [-0.05, 0) is 38.3 Å². The Balaban J connectivity index is 0.00000208. The molecule has 1 aliphatic heterocycles. The zero-order valence-electron chi connectivity index (χ0n) is 13.9. The summed E-state index contributed by atoms with van der Waals surface area (Å²) in [5, 5.41) is 2.82. The van der Waals surface area contributed by atoms with Gasteiger partial charge < -0.3 is 10.6 Å². The van der Waals surface area contributed by atoms with Crippen LogP contribution in [-0.4, -0.2) is 34.9 Å². The van der Waals surface area contributed by atoms with Crippen molar-refractivity contribution in [2.75, 3.05) is 13.1 Å². The first kappa shape index (κ1) is 18.9. The van der Waals surface area contributed by atoms with Gasteiger partial charge in [0.05, 0.1) is 5.01 Å². The van der Waals surface area contributed by atoms with Crippen molar-refractivity contribution >= 4 is 29.7 Å². The third kappa shape index (κ3) is 4.35. The fourth-order valence-corrected chi connectivity index (χ4v) is 3.89. The van der Waals surface area contributed by atoms with Crippen LogP contribution >= 0.6 is 23.7 Å². The van der Waals surface area contributed by atoms with E-state index in [1.165, 1.54) is 22.5 Å². The number of aryl methyl sites for hydroxylation is 1. The number of carbonyl (C=O) groups excluding carboxylic acids is 1. The van der Waals surface area contributed by atoms with Crippen molar-refractivity contribution in [2.45, 2.75) is 38.6 Å². The summed E-state index contributed by atoms with van der Waals surface area (Å²) in [6.45, 7) is 3.50. The Bertz CT molecular complexity index is 671. The van der Waals surface area contributed by atoms with E-state index in [0.29, 0.717) is 12.2 Å². The molecule has 1 aliphatic rings. The quantitative estimate of drug-likeness (QED) is 0.884. The van der Waals surface area contributed by atoms with E-state index in [1.807, 2.05) is 10.3 Å². The second-order valence-electron chi connectivity index (χ2n) is 6.15. The molecule has 2 heterocycles. The lowest BCUT2D eigenvalue weighted by molar-refractivity contribution is 0.0731. The molecule has 1 atom stereocenters. The van der Waals surface area contributed by atoms with Gasteiger partial charge >= 0.3 is 0 Å². The molecule has 3 rings (SSSR count). The number of hydrogen-bond donors (Lipinski definition) is 1. The van der Waals surface area contributed by atoms with E-state index in [9.17, 15) is 4.79 Å². The number of likely N-dealkylation sites (tertiary alicyclic amines) is 1. The maximum Gasteiger partial charge on any atom is 0.273 e. The van der Waals surface area contributed by atoms with Gasteiger partial charge in [0.1, 0.15) is 5.69 Å². The Morgan fingerprint density at radius 2 is 2.12 bits per heavy atom. The highest BCUT2D eigenvalue weighted by molar-refractivity contribution is 7.09. The van der Waals surface area contributed by atoms with Gasteiger partial charge in [-0.25, -0.2) is 4.98 Å². The minimum atomic E-state index is 0. The summed E-state index contributed by atoms with van der Waals surface area (Å²) in [4.78, 5) is 19.2. The van der Waals surface area contributed by atoms with E-state index < -0.39 is 0 Å². The lowest BCUT2D eigenvalue weighted by atomic mass is 10.0. The van der Waals surface area contributed by atoms with Gasteiger partial charge in [-0.1, -0.05) is 29.8 Å². The molecule has 130 valence electrons. The van der Waals surface area contributed by atoms with Gasteiger partial charge in [-0.2, -0.15) is 0 Å². The van der Waals surface area contributed by atoms with Crippen molar-refractivity contribution in [1.82, 2.24) is 9.88 Å². The molecule has 1 saturated heterocycles. The number of amides is 1. The fraction of sp³-hybridized carbons (Fsp3) is 0.444. The summed E-state index contributed by atoms with van der Waals surface area (Å²) in [6.07, 6.45) is 3.80. The van der Waals surface area contributed by atoms with Gasteiger partial charge in [0.15, 0.2) is 0 Å². The Morgan fingerprint density at radius 1 is 1.38 bits per heavy atom. The predicted octanol–water partition coefficient (Wildman–Crippen LogP) is 3.22. The molecule has 2 aromatic rings. The van der Waals surface area contributed by atoms with Gasteiger partial charge in [-0.15, -0.1) is 23.7 Å². The van der Waals surface area contributed by atoms with E-state index in [4.69, 9.17) is 5.73 Å². The molecule has 1 amide bonds. The van der Waals surface area contributed by atoms with Crippen LogP contribution < -0.4 is 5.73 Å². The molecule has 1 aromatic heterocycles. The number of nitrogens with zero attached hydrogens (tertiary/aromatic N) is 2. The molecule has 2 N–H and O–H groups in total. The fourth-order valence-electron chi connectivity index (χ4n) is 3.11. The summed E-state index contributed by atoms with van der Waals surface area (Å²) in [5.41, 5.74) is 8.70. The Kier molecular flexibility index (Phi) is 6.78. The summed E-state index contributed by atoms with van der Waals surface area (Å²) in [5.74, 6) is 0.0686. The van der Waals surface area contributed by atoms with Crippen molar-refractivity contribution in [1.29, 1.82) is 0 Å². The third-order valence-corrected chi connectivity index (χ3v) is 5.27. The summed E-state index contributed by atoms with van der Waals surface area (Å²) in [6, 6.07) is 8.88.